The van der Waals surface area contributed by atoms with Crippen molar-refractivity contribution >= 4 is 11.8 Å². The zero-order valence-corrected chi connectivity index (χ0v) is 12.5. The summed E-state index contributed by atoms with van der Waals surface area (Å²) in [6, 6.07) is 5.65. The van der Waals surface area contributed by atoms with Crippen molar-refractivity contribution in [2.75, 3.05) is 6.54 Å². The Morgan fingerprint density at radius 3 is 2.95 bits per heavy atom. The summed E-state index contributed by atoms with van der Waals surface area (Å²) in [5, 5.41) is 2.93. The van der Waals surface area contributed by atoms with Gasteiger partial charge in [0.05, 0.1) is 0 Å². The highest BCUT2D eigenvalue weighted by Crippen LogP contribution is 2.30. The molecule has 0 saturated carbocycles. The molecule has 3 rings (SSSR count). The maximum Gasteiger partial charge on any atom is 0.255 e. The van der Waals surface area contributed by atoms with E-state index in [9.17, 15) is 9.59 Å². The summed E-state index contributed by atoms with van der Waals surface area (Å²) < 4.78 is 0. The molecule has 1 aromatic rings. The minimum Gasteiger partial charge on any atom is -0.354 e. The molecular weight excluding hydrogens is 264 g/mol. The molecule has 0 unspecified atom stereocenters. The fraction of sp³-hybridized carbons (Fsp3) is 0.529. The van der Waals surface area contributed by atoms with Crippen LogP contribution in [0.2, 0.25) is 0 Å². The number of benzene rings is 1. The first-order chi connectivity index (χ1) is 10.2. The average molecular weight is 286 g/mol. The Kier molecular flexibility index (Phi) is 3.95. The molecule has 2 aliphatic heterocycles. The Balaban J connectivity index is 1.89. The van der Waals surface area contributed by atoms with Gasteiger partial charge in [-0.25, -0.2) is 0 Å². The van der Waals surface area contributed by atoms with E-state index in [0.29, 0.717) is 6.54 Å². The van der Waals surface area contributed by atoms with Gasteiger partial charge in [-0.3, -0.25) is 9.59 Å². The van der Waals surface area contributed by atoms with Gasteiger partial charge in [0, 0.05) is 18.7 Å². The molecule has 112 valence electrons. The van der Waals surface area contributed by atoms with Crippen molar-refractivity contribution in [1.29, 1.82) is 0 Å². The summed E-state index contributed by atoms with van der Waals surface area (Å²) in [5.41, 5.74) is 3.17. The van der Waals surface area contributed by atoms with Gasteiger partial charge >= 0.3 is 0 Å². The number of carbonyl (C=O) groups is 2. The van der Waals surface area contributed by atoms with Crippen molar-refractivity contribution in [3.05, 3.63) is 34.9 Å². The average Bonchev–Trinajstić information content (AvgIpc) is 2.67. The maximum absolute atomic E-state index is 12.7. The van der Waals surface area contributed by atoms with Gasteiger partial charge < -0.3 is 10.2 Å². The third kappa shape index (κ3) is 2.55. The highest BCUT2D eigenvalue weighted by Gasteiger charge is 2.37. The Labute approximate surface area is 125 Å². The molecular formula is C17H22N2O2. The summed E-state index contributed by atoms with van der Waals surface area (Å²) >= 11 is 0. The first-order valence-corrected chi connectivity index (χ1v) is 7.91. The number of aryl methyl sites for hydroxylation is 1. The lowest BCUT2D eigenvalue weighted by Gasteiger charge is -2.25. The summed E-state index contributed by atoms with van der Waals surface area (Å²) in [6.45, 7) is 3.46. The number of nitrogens with zero attached hydrogens (tertiary/aromatic N) is 1. The number of hydrogen-bond acceptors (Lipinski definition) is 2. The van der Waals surface area contributed by atoms with E-state index in [4.69, 9.17) is 0 Å². The van der Waals surface area contributed by atoms with Crippen molar-refractivity contribution in [2.24, 2.45) is 0 Å². The van der Waals surface area contributed by atoms with Gasteiger partial charge in [0.2, 0.25) is 5.91 Å². The molecule has 0 spiro atoms. The molecule has 2 heterocycles. The topological polar surface area (TPSA) is 49.4 Å². The van der Waals surface area contributed by atoms with Crippen LogP contribution in [0, 0.1) is 0 Å². The quantitative estimate of drug-likeness (QED) is 0.926. The van der Waals surface area contributed by atoms with Gasteiger partial charge in [-0.05, 0) is 42.9 Å². The van der Waals surface area contributed by atoms with Crippen LogP contribution in [0.4, 0.5) is 0 Å². The van der Waals surface area contributed by atoms with Crippen LogP contribution < -0.4 is 5.32 Å². The molecule has 1 atom stereocenters. The van der Waals surface area contributed by atoms with Crippen LogP contribution in [-0.2, 0) is 17.8 Å². The zero-order chi connectivity index (χ0) is 14.8. The van der Waals surface area contributed by atoms with E-state index in [2.05, 4.69) is 18.3 Å². The van der Waals surface area contributed by atoms with E-state index in [1.165, 1.54) is 5.56 Å². The van der Waals surface area contributed by atoms with Crippen LogP contribution in [0.1, 0.15) is 54.1 Å². The lowest BCUT2D eigenvalue weighted by molar-refractivity contribution is -0.125. The summed E-state index contributed by atoms with van der Waals surface area (Å²) in [5.74, 6) is 0.0238. The van der Waals surface area contributed by atoms with Crippen LogP contribution in [0.3, 0.4) is 0 Å². The Morgan fingerprint density at radius 2 is 2.14 bits per heavy atom. The van der Waals surface area contributed by atoms with E-state index in [1.54, 1.807) is 4.90 Å². The van der Waals surface area contributed by atoms with E-state index in [1.807, 2.05) is 12.1 Å². The summed E-state index contributed by atoms with van der Waals surface area (Å²) in [6.07, 6.45) is 4.81. The molecule has 1 saturated heterocycles. The van der Waals surface area contributed by atoms with Crippen LogP contribution in [0.25, 0.3) is 0 Å². The van der Waals surface area contributed by atoms with Crippen molar-refractivity contribution in [2.45, 2.75) is 51.6 Å². The first-order valence-electron chi connectivity index (χ1n) is 7.91. The molecule has 4 nitrogen and oxygen atoms in total. The summed E-state index contributed by atoms with van der Waals surface area (Å²) in [4.78, 5) is 26.6. The van der Waals surface area contributed by atoms with Crippen molar-refractivity contribution in [3.63, 3.8) is 0 Å². The molecule has 0 radical (unpaired) electrons. The molecule has 0 aliphatic carbocycles. The molecule has 0 aromatic heterocycles. The number of rotatable bonds is 3. The number of hydrogen-bond donors (Lipinski definition) is 1. The highest BCUT2D eigenvalue weighted by atomic mass is 16.2. The first kappa shape index (κ1) is 14.1. The van der Waals surface area contributed by atoms with E-state index >= 15 is 0 Å². The Bertz CT molecular complexity index is 568. The zero-order valence-electron chi connectivity index (χ0n) is 12.5. The molecule has 21 heavy (non-hydrogen) atoms. The fourth-order valence-electron chi connectivity index (χ4n) is 3.39. The molecule has 1 N–H and O–H groups in total. The molecule has 4 heteroatoms. The Hall–Kier alpha value is -1.84. The second kappa shape index (κ2) is 5.88. The van der Waals surface area contributed by atoms with Crippen molar-refractivity contribution in [1.82, 2.24) is 10.2 Å². The lowest BCUT2D eigenvalue weighted by atomic mass is 10.00. The van der Waals surface area contributed by atoms with Gasteiger partial charge in [0.1, 0.15) is 6.04 Å². The van der Waals surface area contributed by atoms with E-state index in [0.717, 1.165) is 49.8 Å². The second-order valence-corrected chi connectivity index (χ2v) is 5.93. The minimum absolute atomic E-state index is 0.00528. The van der Waals surface area contributed by atoms with Crippen LogP contribution >= 0.6 is 0 Å². The van der Waals surface area contributed by atoms with Gasteiger partial charge in [0.15, 0.2) is 0 Å². The molecule has 1 aromatic carbocycles. The fourth-order valence-corrected chi connectivity index (χ4v) is 3.39. The SMILES string of the molecule is CCCc1cccc2c1CN([C@H]1CCCCNC1=O)C2=O. The van der Waals surface area contributed by atoms with Crippen molar-refractivity contribution in [3.8, 4) is 0 Å². The van der Waals surface area contributed by atoms with Crippen LogP contribution in [-0.4, -0.2) is 29.3 Å². The molecule has 0 bridgehead atoms. The monoisotopic (exact) mass is 286 g/mol. The standard InChI is InChI=1S/C17H22N2O2/c1-2-6-12-7-5-8-13-14(12)11-19(17(13)21)15-9-3-4-10-18-16(15)20/h5,7-8,15H,2-4,6,9-11H2,1H3,(H,18,20)/t15-/m0/s1. The number of amides is 2. The van der Waals surface area contributed by atoms with Crippen LogP contribution in [0.15, 0.2) is 18.2 Å². The normalized spacial score (nSPS) is 22.0. The van der Waals surface area contributed by atoms with Gasteiger partial charge in [-0.1, -0.05) is 25.5 Å². The maximum atomic E-state index is 12.7. The lowest BCUT2D eigenvalue weighted by Crippen LogP contribution is -2.45. The molecule has 1 fully saturated rings. The number of fused-ring (bicyclic) bond motifs is 1. The largest absolute Gasteiger partial charge is 0.354 e. The smallest absolute Gasteiger partial charge is 0.255 e. The van der Waals surface area contributed by atoms with Gasteiger partial charge in [-0.2, -0.15) is 0 Å². The minimum atomic E-state index is -0.304. The van der Waals surface area contributed by atoms with Crippen molar-refractivity contribution < 1.29 is 9.59 Å². The second-order valence-electron chi connectivity index (χ2n) is 5.93. The summed E-state index contributed by atoms with van der Waals surface area (Å²) in [7, 11) is 0. The molecule has 2 aliphatic rings. The molecule has 2 amide bonds. The highest BCUT2D eigenvalue weighted by molar-refractivity contribution is 6.01. The third-order valence-corrected chi connectivity index (χ3v) is 4.49. The van der Waals surface area contributed by atoms with Gasteiger partial charge in [-0.15, -0.1) is 0 Å². The van der Waals surface area contributed by atoms with E-state index < -0.39 is 0 Å². The van der Waals surface area contributed by atoms with Crippen LogP contribution in [0.5, 0.6) is 0 Å². The van der Waals surface area contributed by atoms with Gasteiger partial charge in [0.25, 0.3) is 5.91 Å². The van der Waals surface area contributed by atoms with E-state index in [-0.39, 0.29) is 17.9 Å². The predicted molar refractivity (Wildman–Crippen MR) is 81.0 cm³/mol. The Morgan fingerprint density at radius 1 is 1.29 bits per heavy atom. The number of carbonyl (C=O) groups excluding carboxylic acids is 2. The number of nitrogens with one attached hydrogen (secondary N) is 1. The third-order valence-electron chi connectivity index (χ3n) is 4.49. The predicted octanol–water partition coefficient (Wildman–Crippen LogP) is 2.26.